The van der Waals surface area contributed by atoms with Crippen LogP contribution in [0.1, 0.15) is 43.5 Å². The molecule has 1 aromatic heterocycles. The molecular weight excluding hydrogens is 406 g/mol. The van der Waals surface area contributed by atoms with Crippen LogP contribution in [0.25, 0.3) is 0 Å². The Labute approximate surface area is 168 Å². The van der Waals surface area contributed by atoms with Crippen LogP contribution in [0.3, 0.4) is 0 Å². The Morgan fingerprint density at radius 1 is 1.18 bits per heavy atom. The van der Waals surface area contributed by atoms with Crippen molar-refractivity contribution < 1.29 is 22.4 Å². The summed E-state index contributed by atoms with van der Waals surface area (Å²) in [6, 6.07) is 6.23. The number of rotatable bonds is 6. The Morgan fingerprint density at radius 2 is 1.93 bits per heavy atom. The zero-order chi connectivity index (χ0) is 19.6. The van der Waals surface area contributed by atoms with Gasteiger partial charge in [0, 0.05) is 24.7 Å². The largest absolute Gasteiger partial charge is 0.370 e. The van der Waals surface area contributed by atoms with Gasteiger partial charge in [0.2, 0.25) is 10.0 Å². The fourth-order valence-electron chi connectivity index (χ4n) is 3.42. The van der Waals surface area contributed by atoms with Gasteiger partial charge in [-0.1, -0.05) is 16.8 Å². The summed E-state index contributed by atoms with van der Waals surface area (Å²) in [4.78, 5) is 4.59. The van der Waals surface area contributed by atoms with Crippen molar-refractivity contribution >= 4 is 21.6 Å². The van der Waals surface area contributed by atoms with Crippen LogP contribution in [-0.2, 0) is 26.1 Å². The van der Waals surface area contributed by atoms with E-state index in [1.54, 1.807) is 12.1 Å². The lowest BCUT2D eigenvalue weighted by Gasteiger charge is -2.30. The number of hydrogen-bond donors (Lipinski definition) is 0. The molecular formula is C18H22ClN3O5S. The van der Waals surface area contributed by atoms with Gasteiger partial charge in [0.25, 0.3) is 5.89 Å². The fourth-order valence-corrected chi connectivity index (χ4v) is 5.01. The Morgan fingerprint density at radius 3 is 2.61 bits per heavy atom. The van der Waals surface area contributed by atoms with Crippen molar-refractivity contribution in [2.45, 2.75) is 49.4 Å². The summed E-state index contributed by atoms with van der Waals surface area (Å²) >= 11 is 5.84. The number of hydrogen-bond acceptors (Lipinski definition) is 7. The van der Waals surface area contributed by atoms with Crippen LogP contribution in [0, 0.1) is 0 Å². The van der Waals surface area contributed by atoms with E-state index in [0.717, 1.165) is 19.4 Å². The minimum absolute atomic E-state index is 0.0404. The fraction of sp³-hybridized carbons (Fsp3) is 0.556. The summed E-state index contributed by atoms with van der Waals surface area (Å²) < 4.78 is 43.5. The average Bonchev–Trinajstić information content (AvgIpc) is 3.39. The van der Waals surface area contributed by atoms with E-state index in [-0.39, 0.29) is 23.7 Å². The number of halogens is 1. The smallest absolute Gasteiger partial charge is 0.255 e. The SMILES string of the molecule is O=S(=O)(c1ccc(Cl)cc1)N1CCC(OCc2noc(C3CCCO3)n2)CC1. The summed E-state index contributed by atoms with van der Waals surface area (Å²) in [7, 11) is -3.51. The molecule has 0 saturated carbocycles. The number of ether oxygens (including phenoxy) is 2. The second-order valence-electron chi connectivity index (χ2n) is 6.92. The van der Waals surface area contributed by atoms with Gasteiger partial charge in [-0.25, -0.2) is 8.42 Å². The van der Waals surface area contributed by atoms with Gasteiger partial charge in [0.15, 0.2) is 5.82 Å². The second kappa shape index (κ2) is 8.46. The Hall–Kier alpha value is -1.52. The number of sulfonamides is 1. The first-order valence-corrected chi connectivity index (χ1v) is 11.2. The lowest BCUT2D eigenvalue weighted by molar-refractivity contribution is 0.00637. The van der Waals surface area contributed by atoms with E-state index in [9.17, 15) is 8.42 Å². The molecule has 0 N–H and O–H groups in total. The third-order valence-corrected chi connectivity index (χ3v) is 7.15. The maximum absolute atomic E-state index is 12.7. The molecule has 0 radical (unpaired) electrons. The van der Waals surface area contributed by atoms with Gasteiger partial charge >= 0.3 is 0 Å². The highest BCUT2D eigenvalue weighted by molar-refractivity contribution is 7.89. The molecule has 152 valence electrons. The zero-order valence-corrected chi connectivity index (χ0v) is 16.9. The summed E-state index contributed by atoms with van der Waals surface area (Å²) in [5, 5.41) is 4.45. The van der Waals surface area contributed by atoms with Gasteiger partial charge in [-0.3, -0.25) is 0 Å². The quantitative estimate of drug-likeness (QED) is 0.699. The molecule has 4 rings (SSSR count). The normalized spacial score (nSPS) is 22.0. The molecule has 2 fully saturated rings. The molecule has 2 aromatic rings. The zero-order valence-electron chi connectivity index (χ0n) is 15.3. The number of aromatic nitrogens is 2. The van der Waals surface area contributed by atoms with Gasteiger partial charge in [-0.05, 0) is 49.9 Å². The minimum Gasteiger partial charge on any atom is -0.370 e. The lowest BCUT2D eigenvalue weighted by Crippen LogP contribution is -2.40. The van der Waals surface area contributed by atoms with E-state index in [1.807, 2.05) is 0 Å². The highest BCUT2D eigenvalue weighted by Crippen LogP contribution is 2.27. The highest BCUT2D eigenvalue weighted by atomic mass is 35.5. The molecule has 1 atom stereocenters. The third kappa shape index (κ3) is 4.38. The first-order chi connectivity index (χ1) is 13.5. The molecule has 1 unspecified atom stereocenters. The summed E-state index contributed by atoms with van der Waals surface area (Å²) in [5.41, 5.74) is 0. The predicted molar refractivity (Wildman–Crippen MR) is 100 cm³/mol. The van der Waals surface area contributed by atoms with E-state index in [0.29, 0.717) is 42.7 Å². The van der Waals surface area contributed by atoms with Crippen molar-refractivity contribution in [2.24, 2.45) is 0 Å². The van der Waals surface area contributed by atoms with E-state index >= 15 is 0 Å². The number of benzene rings is 1. The molecule has 2 saturated heterocycles. The maximum atomic E-state index is 12.7. The van der Waals surface area contributed by atoms with Crippen LogP contribution in [0.15, 0.2) is 33.7 Å². The second-order valence-corrected chi connectivity index (χ2v) is 9.29. The van der Waals surface area contributed by atoms with Crippen LogP contribution in [0.2, 0.25) is 5.02 Å². The summed E-state index contributed by atoms with van der Waals surface area (Å²) in [5.74, 6) is 0.988. The van der Waals surface area contributed by atoms with Gasteiger partial charge in [0.1, 0.15) is 12.7 Å². The van der Waals surface area contributed by atoms with E-state index < -0.39 is 10.0 Å². The monoisotopic (exact) mass is 427 g/mol. The molecule has 2 aliphatic rings. The van der Waals surface area contributed by atoms with E-state index in [4.69, 9.17) is 25.6 Å². The first-order valence-electron chi connectivity index (χ1n) is 9.34. The summed E-state index contributed by atoms with van der Waals surface area (Å²) in [6.45, 7) is 1.77. The van der Waals surface area contributed by atoms with Gasteiger partial charge < -0.3 is 14.0 Å². The molecule has 0 amide bonds. The van der Waals surface area contributed by atoms with Gasteiger partial charge in [-0.2, -0.15) is 9.29 Å². The average molecular weight is 428 g/mol. The maximum Gasteiger partial charge on any atom is 0.255 e. The standard InChI is InChI=1S/C18H22ClN3O5S/c19-13-3-5-15(6-4-13)28(23,24)22-9-7-14(8-10-22)26-12-17-20-18(27-21-17)16-2-1-11-25-16/h3-6,14,16H,1-2,7-12H2. The van der Waals surface area contributed by atoms with Crippen molar-refractivity contribution in [3.05, 3.63) is 41.0 Å². The van der Waals surface area contributed by atoms with Crippen LogP contribution < -0.4 is 0 Å². The van der Waals surface area contributed by atoms with Crippen molar-refractivity contribution in [1.82, 2.24) is 14.4 Å². The molecule has 2 aliphatic heterocycles. The molecule has 0 bridgehead atoms. The molecule has 3 heterocycles. The molecule has 0 spiro atoms. The Bertz CT molecular complexity index is 888. The molecule has 28 heavy (non-hydrogen) atoms. The summed E-state index contributed by atoms with van der Waals surface area (Å²) in [6.07, 6.45) is 2.97. The third-order valence-electron chi connectivity index (χ3n) is 4.99. The van der Waals surface area contributed by atoms with Crippen molar-refractivity contribution in [2.75, 3.05) is 19.7 Å². The van der Waals surface area contributed by atoms with Gasteiger partial charge in [0.05, 0.1) is 11.0 Å². The number of nitrogens with zero attached hydrogens (tertiary/aromatic N) is 3. The number of piperidine rings is 1. The van der Waals surface area contributed by atoms with Crippen molar-refractivity contribution in [3.8, 4) is 0 Å². The Kier molecular flexibility index (Phi) is 5.98. The molecule has 10 heteroatoms. The minimum atomic E-state index is -3.51. The van der Waals surface area contributed by atoms with Crippen molar-refractivity contribution in [1.29, 1.82) is 0 Å². The topological polar surface area (TPSA) is 94.8 Å². The highest BCUT2D eigenvalue weighted by Gasteiger charge is 2.30. The van der Waals surface area contributed by atoms with Crippen LogP contribution in [0.5, 0.6) is 0 Å². The van der Waals surface area contributed by atoms with E-state index in [2.05, 4.69) is 10.1 Å². The molecule has 1 aromatic carbocycles. The van der Waals surface area contributed by atoms with Crippen molar-refractivity contribution in [3.63, 3.8) is 0 Å². The van der Waals surface area contributed by atoms with Gasteiger partial charge in [-0.15, -0.1) is 0 Å². The predicted octanol–water partition coefficient (Wildman–Crippen LogP) is 2.94. The van der Waals surface area contributed by atoms with E-state index in [1.165, 1.54) is 16.4 Å². The lowest BCUT2D eigenvalue weighted by atomic mass is 10.1. The molecule has 8 nitrogen and oxygen atoms in total. The van der Waals surface area contributed by atoms with Crippen LogP contribution >= 0.6 is 11.6 Å². The first kappa shape index (κ1) is 19.8. The van der Waals surface area contributed by atoms with Crippen LogP contribution in [-0.4, -0.2) is 48.7 Å². The van der Waals surface area contributed by atoms with Crippen LogP contribution in [0.4, 0.5) is 0 Å². The Balaban J connectivity index is 1.28. The molecule has 0 aliphatic carbocycles.